The number of fused-ring (bicyclic) bond motifs is 2. The molecule has 15 heteroatoms. The normalized spacial score (nSPS) is 23.6. The Morgan fingerprint density at radius 1 is 0.672 bits per heavy atom. The van der Waals surface area contributed by atoms with Crippen molar-refractivity contribution in [3.63, 3.8) is 0 Å². The summed E-state index contributed by atoms with van der Waals surface area (Å²) in [5.41, 5.74) is 2.04. The minimum absolute atomic E-state index is 0.00197. The topological polar surface area (TPSA) is 167 Å². The van der Waals surface area contributed by atoms with Gasteiger partial charge < -0.3 is 44.4 Å². The van der Waals surface area contributed by atoms with E-state index in [4.69, 9.17) is 14.2 Å². The zero-order chi connectivity index (χ0) is 44.5. The third-order valence-electron chi connectivity index (χ3n) is 11.4. The van der Waals surface area contributed by atoms with E-state index in [1.807, 2.05) is 13.0 Å². The van der Waals surface area contributed by atoms with Gasteiger partial charge in [0.15, 0.2) is 11.5 Å². The Morgan fingerprint density at radius 3 is 1.92 bits per heavy atom. The average Bonchev–Trinajstić information content (AvgIpc) is 3.26. The number of hydrogen-bond acceptors (Lipinski definition) is 9. The SMILES string of the molecule is CC/C=C/CN1C(=O)[C@@H](C)NC(=O)[C@@H]2Cc3ccc(OC)c(c3)Oc3ccc(cc3)C[C@@H](C(=O)N2C)N(C)C(=O)[C@H](C)NC(=O)[C@H](Cc2ccc(OC)cc2)N(C)C(=O)[C@@H]1C. The summed E-state index contributed by atoms with van der Waals surface area (Å²) >= 11 is 0. The zero-order valence-electron chi connectivity index (χ0n) is 36.5. The van der Waals surface area contributed by atoms with Crippen molar-refractivity contribution < 1.29 is 43.0 Å². The van der Waals surface area contributed by atoms with Crippen molar-refractivity contribution in [1.29, 1.82) is 0 Å². The second-order valence-electron chi connectivity index (χ2n) is 15.6. The summed E-state index contributed by atoms with van der Waals surface area (Å²) in [6, 6.07) is 12.5. The quantitative estimate of drug-likeness (QED) is 0.339. The number of nitrogens with zero attached hydrogens (tertiary/aromatic N) is 4. The maximum Gasteiger partial charge on any atom is 0.246 e. The number of hydrogen-bond donors (Lipinski definition) is 2. The Labute approximate surface area is 358 Å². The van der Waals surface area contributed by atoms with E-state index >= 15 is 0 Å². The fraction of sp³-hybridized carbons (Fsp3) is 0.435. The summed E-state index contributed by atoms with van der Waals surface area (Å²) in [5, 5.41) is 5.66. The van der Waals surface area contributed by atoms with Gasteiger partial charge in [-0.3, -0.25) is 28.8 Å². The first-order valence-electron chi connectivity index (χ1n) is 20.5. The standard InChI is InChI=1S/C46H58N6O9/c1-10-11-12-23-52-30(4)45(57)49(5)36(24-31-13-18-34(59-8)19-14-31)41(53)47-28(2)43(55)51(7)38-25-32-15-20-35(21-16-32)61-40-27-33(17-22-39(40)60-9)26-37(50(6)46(38)58)42(54)48-29(3)44(52)56/h11-22,27-30,36-38H,10,23-26H2,1-9H3,(H,47,53)(H,48,54)/b12-11+/t28-,29+,30-,36-,37-,38-/m0/s1. The number of allylic oxidation sites excluding steroid dienone is 1. The van der Waals surface area contributed by atoms with Gasteiger partial charge in [0.25, 0.3) is 0 Å². The van der Waals surface area contributed by atoms with E-state index in [2.05, 4.69) is 10.6 Å². The number of benzene rings is 3. The third-order valence-corrected chi connectivity index (χ3v) is 11.4. The van der Waals surface area contributed by atoms with Gasteiger partial charge in [0.2, 0.25) is 35.4 Å². The van der Waals surface area contributed by atoms with Crippen LogP contribution in [0.25, 0.3) is 0 Å². The van der Waals surface area contributed by atoms with Crippen molar-refractivity contribution in [3.05, 3.63) is 95.6 Å². The van der Waals surface area contributed by atoms with Crippen LogP contribution in [0.5, 0.6) is 23.0 Å². The van der Waals surface area contributed by atoms with Crippen molar-refractivity contribution in [1.82, 2.24) is 30.2 Å². The summed E-state index contributed by atoms with van der Waals surface area (Å²) in [4.78, 5) is 92.2. The lowest BCUT2D eigenvalue weighted by atomic mass is 9.98. The van der Waals surface area contributed by atoms with Crippen molar-refractivity contribution >= 4 is 35.4 Å². The van der Waals surface area contributed by atoms with Crippen molar-refractivity contribution in [2.45, 2.75) is 89.6 Å². The smallest absolute Gasteiger partial charge is 0.246 e. The molecule has 3 heterocycles. The number of nitrogens with one attached hydrogen (secondary N) is 2. The van der Waals surface area contributed by atoms with Gasteiger partial charge in [-0.2, -0.15) is 0 Å². The number of likely N-dealkylation sites (N-methyl/N-ethyl adjacent to an activating group) is 3. The monoisotopic (exact) mass is 838 g/mol. The van der Waals surface area contributed by atoms with Gasteiger partial charge in [0.1, 0.15) is 47.8 Å². The van der Waals surface area contributed by atoms with Crippen LogP contribution in [0.4, 0.5) is 0 Å². The summed E-state index contributed by atoms with van der Waals surface area (Å²) in [6.45, 7) is 6.61. The van der Waals surface area contributed by atoms with Crippen LogP contribution >= 0.6 is 0 Å². The highest BCUT2D eigenvalue weighted by atomic mass is 16.5. The first-order chi connectivity index (χ1) is 29.1. The highest BCUT2D eigenvalue weighted by Crippen LogP contribution is 2.34. The molecule has 6 atom stereocenters. The van der Waals surface area contributed by atoms with Gasteiger partial charge in [-0.25, -0.2) is 0 Å². The van der Waals surface area contributed by atoms with E-state index in [-0.39, 0.29) is 25.8 Å². The van der Waals surface area contributed by atoms with E-state index in [0.29, 0.717) is 46.1 Å². The summed E-state index contributed by atoms with van der Waals surface area (Å²) in [7, 11) is 7.53. The molecule has 0 radical (unpaired) electrons. The fourth-order valence-corrected chi connectivity index (χ4v) is 7.60. The molecule has 1 saturated heterocycles. The minimum atomic E-state index is -1.17. The Balaban J connectivity index is 1.63. The van der Waals surface area contributed by atoms with Gasteiger partial charge in [-0.15, -0.1) is 0 Å². The number of carbonyl (C=O) groups excluding carboxylic acids is 6. The molecular weight excluding hydrogens is 781 g/mol. The molecule has 0 saturated carbocycles. The molecule has 2 N–H and O–H groups in total. The van der Waals surface area contributed by atoms with E-state index in [1.165, 1.54) is 61.7 Å². The molecule has 61 heavy (non-hydrogen) atoms. The van der Waals surface area contributed by atoms with Crippen LogP contribution in [0.1, 0.15) is 50.8 Å². The van der Waals surface area contributed by atoms with E-state index < -0.39 is 71.7 Å². The molecule has 0 spiro atoms. The van der Waals surface area contributed by atoms with E-state index in [1.54, 1.807) is 86.8 Å². The molecule has 6 bridgehead atoms. The molecule has 3 aliphatic rings. The van der Waals surface area contributed by atoms with E-state index in [9.17, 15) is 28.8 Å². The van der Waals surface area contributed by atoms with Gasteiger partial charge in [-0.1, -0.05) is 49.4 Å². The summed E-state index contributed by atoms with van der Waals surface area (Å²) < 4.78 is 17.1. The molecule has 15 nitrogen and oxygen atoms in total. The lowest BCUT2D eigenvalue weighted by Gasteiger charge is -2.38. The highest BCUT2D eigenvalue weighted by Gasteiger charge is 2.40. The molecule has 3 aliphatic heterocycles. The summed E-state index contributed by atoms with van der Waals surface area (Å²) in [6.07, 6.45) is 4.45. The van der Waals surface area contributed by atoms with Crippen LogP contribution in [-0.4, -0.2) is 133 Å². The third kappa shape index (κ3) is 10.7. The first-order valence-corrected chi connectivity index (χ1v) is 20.5. The molecule has 3 aromatic rings. The van der Waals surface area contributed by atoms with Crippen molar-refractivity contribution in [2.75, 3.05) is 41.9 Å². The predicted molar refractivity (Wildman–Crippen MR) is 229 cm³/mol. The maximum atomic E-state index is 14.8. The Morgan fingerprint density at radius 2 is 1.28 bits per heavy atom. The maximum absolute atomic E-state index is 14.8. The number of ether oxygens (including phenoxy) is 3. The Kier molecular flexibility index (Phi) is 15.2. The average molecular weight is 839 g/mol. The molecule has 326 valence electrons. The van der Waals surface area contributed by atoms with Crippen LogP contribution in [0.2, 0.25) is 0 Å². The van der Waals surface area contributed by atoms with Crippen LogP contribution in [0, 0.1) is 0 Å². The van der Waals surface area contributed by atoms with Crippen LogP contribution in [0.3, 0.4) is 0 Å². The van der Waals surface area contributed by atoms with Crippen LogP contribution < -0.4 is 24.8 Å². The Bertz CT molecular complexity index is 2110. The zero-order valence-corrected chi connectivity index (χ0v) is 36.5. The van der Waals surface area contributed by atoms with Gasteiger partial charge >= 0.3 is 0 Å². The second-order valence-corrected chi connectivity index (χ2v) is 15.6. The highest BCUT2D eigenvalue weighted by molar-refractivity contribution is 5.98. The van der Waals surface area contributed by atoms with Crippen LogP contribution in [0.15, 0.2) is 78.9 Å². The number of carbonyl (C=O) groups is 6. The van der Waals surface area contributed by atoms with Gasteiger partial charge in [0.05, 0.1) is 14.2 Å². The van der Waals surface area contributed by atoms with Gasteiger partial charge in [-0.05, 0) is 80.3 Å². The van der Waals surface area contributed by atoms with Crippen molar-refractivity contribution in [2.24, 2.45) is 0 Å². The summed E-state index contributed by atoms with van der Waals surface area (Å²) in [5.74, 6) is -1.46. The molecule has 0 unspecified atom stereocenters. The molecule has 3 aromatic carbocycles. The number of rotatable bonds is 7. The van der Waals surface area contributed by atoms with Gasteiger partial charge in [0, 0.05) is 47.0 Å². The molecule has 1 fully saturated rings. The number of methoxy groups -OCH3 is 2. The molecule has 0 aliphatic carbocycles. The van der Waals surface area contributed by atoms with Crippen molar-refractivity contribution in [3.8, 4) is 23.0 Å². The lowest BCUT2D eigenvalue weighted by molar-refractivity contribution is -0.151. The van der Waals surface area contributed by atoms with E-state index in [0.717, 1.165) is 0 Å². The minimum Gasteiger partial charge on any atom is -0.497 e. The molecule has 0 aromatic heterocycles. The largest absolute Gasteiger partial charge is 0.497 e. The number of amides is 6. The Hall–Kier alpha value is -6.38. The second kappa shape index (κ2) is 20.3. The van der Waals surface area contributed by atoms with Crippen LogP contribution in [-0.2, 0) is 48.0 Å². The predicted octanol–water partition coefficient (Wildman–Crippen LogP) is 3.52. The molecule has 6 rings (SSSR count). The lowest BCUT2D eigenvalue weighted by Crippen LogP contribution is -2.62. The molecular formula is C46H58N6O9. The molecule has 6 amide bonds. The first kappa shape index (κ1) is 45.7. The fourth-order valence-electron chi connectivity index (χ4n) is 7.60.